The van der Waals surface area contributed by atoms with Gasteiger partial charge in [-0.3, -0.25) is 4.79 Å². The number of carbonyl (C=O) groups excluding carboxylic acids is 2. The minimum atomic E-state index is -1.31. The number of fused-ring (bicyclic) bond motifs is 3. The molecule has 8 heteroatoms. The number of alkyl carbamates (subject to hydrolysis) is 1. The lowest BCUT2D eigenvalue weighted by Crippen LogP contribution is -2.63. The zero-order chi connectivity index (χ0) is 23.7. The molecule has 34 heavy (non-hydrogen) atoms. The number of rotatable bonds is 5. The first-order valence-corrected chi connectivity index (χ1v) is 11.7. The number of aliphatic carboxylic acids is 1. The van der Waals surface area contributed by atoms with Crippen LogP contribution in [-0.2, 0) is 19.1 Å². The summed E-state index contributed by atoms with van der Waals surface area (Å²) in [5.41, 5.74) is 3.15. The summed E-state index contributed by atoms with van der Waals surface area (Å²) >= 11 is 0. The van der Waals surface area contributed by atoms with E-state index < -0.39 is 29.6 Å². The molecule has 2 amide bonds. The third-order valence-corrected chi connectivity index (χ3v) is 7.16. The number of nitrogens with one attached hydrogen (secondary N) is 1. The van der Waals surface area contributed by atoms with E-state index in [1.165, 1.54) is 4.90 Å². The first-order valence-electron chi connectivity index (χ1n) is 11.7. The SMILES string of the molecule is O=C(NC1(C(=O)N2CCCCC2C(=O)O)CCOC1)OCC1c2ccccc2-c2ccccc21. The van der Waals surface area contributed by atoms with Gasteiger partial charge in [0.1, 0.15) is 18.2 Å². The number of carboxylic acids is 1. The Morgan fingerprint density at radius 3 is 2.35 bits per heavy atom. The van der Waals surface area contributed by atoms with E-state index >= 15 is 0 Å². The molecule has 2 aromatic carbocycles. The summed E-state index contributed by atoms with van der Waals surface area (Å²) in [6.07, 6.45) is 1.47. The van der Waals surface area contributed by atoms with E-state index in [2.05, 4.69) is 17.4 Å². The van der Waals surface area contributed by atoms with Crippen molar-refractivity contribution in [2.75, 3.05) is 26.4 Å². The van der Waals surface area contributed by atoms with Crippen molar-refractivity contribution in [3.05, 3.63) is 59.7 Å². The van der Waals surface area contributed by atoms with E-state index in [-0.39, 0.29) is 25.6 Å². The molecule has 2 aromatic rings. The number of benzene rings is 2. The second kappa shape index (κ2) is 9.10. The van der Waals surface area contributed by atoms with Gasteiger partial charge in [-0.25, -0.2) is 9.59 Å². The number of carbonyl (C=O) groups is 3. The monoisotopic (exact) mass is 464 g/mol. The van der Waals surface area contributed by atoms with Crippen LogP contribution in [0.2, 0.25) is 0 Å². The van der Waals surface area contributed by atoms with Crippen LogP contribution < -0.4 is 5.32 Å². The molecule has 2 atom stereocenters. The summed E-state index contributed by atoms with van der Waals surface area (Å²) in [7, 11) is 0. The quantitative estimate of drug-likeness (QED) is 0.704. The Bertz CT molecular complexity index is 1060. The van der Waals surface area contributed by atoms with Crippen molar-refractivity contribution in [3.63, 3.8) is 0 Å². The van der Waals surface area contributed by atoms with Crippen LogP contribution >= 0.6 is 0 Å². The molecule has 0 radical (unpaired) electrons. The third kappa shape index (κ3) is 3.92. The zero-order valence-electron chi connectivity index (χ0n) is 18.9. The minimum absolute atomic E-state index is 0.00112. The lowest BCUT2D eigenvalue weighted by molar-refractivity contribution is -0.155. The van der Waals surface area contributed by atoms with Gasteiger partial charge in [0.05, 0.1) is 6.61 Å². The molecule has 8 nitrogen and oxygen atoms in total. The van der Waals surface area contributed by atoms with Gasteiger partial charge in [0, 0.05) is 25.5 Å². The Morgan fingerprint density at radius 2 is 1.74 bits per heavy atom. The molecular formula is C26H28N2O6. The fourth-order valence-corrected chi connectivity index (χ4v) is 5.42. The van der Waals surface area contributed by atoms with Crippen LogP contribution in [0.15, 0.2) is 48.5 Å². The summed E-state index contributed by atoms with van der Waals surface area (Å²) in [5.74, 6) is -1.53. The molecule has 0 aromatic heterocycles. The number of hydrogen-bond donors (Lipinski definition) is 2. The number of amides is 2. The lowest BCUT2D eigenvalue weighted by atomic mass is 9.93. The molecule has 0 saturated carbocycles. The average Bonchev–Trinajstić information content (AvgIpc) is 3.46. The molecule has 5 rings (SSSR count). The number of piperidine rings is 1. The van der Waals surface area contributed by atoms with Gasteiger partial charge in [0.15, 0.2) is 0 Å². The number of likely N-dealkylation sites (tertiary alicyclic amines) is 1. The maximum absolute atomic E-state index is 13.5. The average molecular weight is 465 g/mol. The molecular weight excluding hydrogens is 436 g/mol. The van der Waals surface area contributed by atoms with Gasteiger partial charge in [0.2, 0.25) is 0 Å². The molecule has 1 aliphatic carbocycles. The highest BCUT2D eigenvalue weighted by Crippen LogP contribution is 2.44. The van der Waals surface area contributed by atoms with Crippen LogP contribution in [0.25, 0.3) is 11.1 Å². The van der Waals surface area contributed by atoms with E-state index in [0.29, 0.717) is 19.6 Å². The molecule has 0 bridgehead atoms. The first-order chi connectivity index (χ1) is 16.5. The molecule has 2 fully saturated rings. The number of ether oxygens (including phenoxy) is 2. The Labute approximate surface area is 197 Å². The maximum atomic E-state index is 13.5. The Hall–Kier alpha value is -3.39. The largest absolute Gasteiger partial charge is 0.480 e. The highest BCUT2D eigenvalue weighted by molar-refractivity contribution is 5.93. The van der Waals surface area contributed by atoms with Crippen molar-refractivity contribution in [1.29, 1.82) is 0 Å². The van der Waals surface area contributed by atoms with Crippen molar-refractivity contribution in [3.8, 4) is 11.1 Å². The van der Waals surface area contributed by atoms with Gasteiger partial charge in [-0.15, -0.1) is 0 Å². The standard InChI is InChI=1S/C26H28N2O6/c29-23(30)22-11-5-6-13-28(22)24(31)26(12-14-33-16-26)27-25(32)34-15-21-19-9-3-1-7-17(19)18-8-2-4-10-20(18)21/h1-4,7-10,21-22H,5-6,11-16H2,(H,27,32)(H,29,30). The first kappa shape index (κ1) is 22.4. The Kier molecular flexibility index (Phi) is 6.00. The van der Waals surface area contributed by atoms with Crippen LogP contribution in [0.3, 0.4) is 0 Å². The van der Waals surface area contributed by atoms with Crippen LogP contribution in [0, 0.1) is 0 Å². The molecule has 2 N–H and O–H groups in total. The summed E-state index contributed by atoms with van der Waals surface area (Å²) in [5, 5.41) is 12.3. The normalized spacial score (nSPS) is 23.8. The third-order valence-electron chi connectivity index (χ3n) is 7.16. The number of nitrogens with zero attached hydrogens (tertiary/aromatic N) is 1. The molecule has 2 saturated heterocycles. The van der Waals surface area contributed by atoms with Crippen molar-refractivity contribution in [1.82, 2.24) is 10.2 Å². The predicted molar refractivity (Wildman–Crippen MR) is 123 cm³/mol. The van der Waals surface area contributed by atoms with Crippen LogP contribution in [-0.4, -0.2) is 65.9 Å². The Balaban J connectivity index is 1.30. The van der Waals surface area contributed by atoms with Crippen molar-refractivity contribution in [2.24, 2.45) is 0 Å². The summed E-state index contributed by atoms with van der Waals surface area (Å²) in [4.78, 5) is 39.5. The molecule has 2 heterocycles. The van der Waals surface area contributed by atoms with Gasteiger partial charge in [-0.1, -0.05) is 48.5 Å². The summed E-state index contributed by atoms with van der Waals surface area (Å²) < 4.78 is 11.1. The highest BCUT2D eigenvalue weighted by atomic mass is 16.6. The van der Waals surface area contributed by atoms with E-state index in [1.54, 1.807) is 0 Å². The van der Waals surface area contributed by atoms with Gasteiger partial charge in [-0.05, 0) is 41.5 Å². The Morgan fingerprint density at radius 1 is 1.06 bits per heavy atom. The second-order valence-electron chi connectivity index (χ2n) is 9.18. The van der Waals surface area contributed by atoms with Gasteiger partial charge in [0.25, 0.3) is 5.91 Å². The highest BCUT2D eigenvalue weighted by Gasteiger charge is 2.49. The molecule has 2 unspecified atom stereocenters. The predicted octanol–water partition coefficient (Wildman–Crippen LogP) is 3.15. The maximum Gasteiger partial charge on any atom is 0.408 e. The van der Waals surface area contributed by atoms with E-state index in [4.69, 9.17) is 9.47 Å². The van der Waals surface area contributed by atoms with Crippen LogP contribution in [0.4, 0.5) is 4.79 Å². The number of carboxylic acid groups (broad SMARTS) is 1. The van der Waals surface area contributed by atoms with Crippen LogP contribution in [0.5, 0.6) is 0 Å². The van der Waals surface area contributed by atoms with E-state index in [9.17, 15) is 19.5 Å². The molecule has 3 aliphatic rings. The lowest BCUT2D eigenvalue weighted by Gasteiger charge is -2.39. The van der Waals surface area contributed by atoms with Crippen LogP contribution in [0.1, 0.15) is 42.7 Å². The summed E-state index contributed by atoms with van der Waals surface area (Å²) in [6.45, 7) is 0.788. The van der Waals surface area contributed by atoms with Crippen molar-refractivity contribution < 1.29 is 29.0 Å². The van der Waals surface area contributed by atoms with Crippen molar-refractivity contribution >= 4 is 18.0 Å². The molecule has 178 valence electrons. The molecule has 2 aliphatic heterocycles. The smallest absolute Gasteiger partial charge is 0.408 e. The zero-order valence-corrected chi connectivity index (χ0v) is 18.9. The minimum Gasteiger partial charge on any atom is -0.480 e. The fourth-order valence-electron chi connectivity index (χ4n) is 5.42. The van der Waals surface area contributed by atoms with E-state index in [1.807, 2.05) is 36.4 Å². The van der Waals surface area contributed by atoms with Gasteiger partial charge in [-0.2, -0.15) is 0 Å². The fraction of sp³-hybridized carbons (Fsp3) is 0.423. The number of hydrogen-bond acceptors (Lipinski definition) is 5. The topological polar surface area (TPSA) is 105 Å². The van der Waals surface area contributed by atoms with Gasteiger partial charge < -0.3 is 24.8 Å². The molecule has 0 spiro atoms. The van der Waals surface area contributed by atoms with Gasteiger partial charge >= 0.3 is 12.1 Å². The second-order valence-corrected chi connectivity index (χ2v) is 9.18. The van der Waals surface area contributed by atoms with Crippen molar-refractivity contribution in [2.45, 2.75) is 43.2 Å². The van der Waals surface area contributed by atoms with E-state index in [0.717, 1.165) is 35.1 Å². The summed E-state index contributed by atoms with van der Waals surface area (Å²) in [6, 6.07) is 15.3.